The van der Waals surface area contributed by atoms with Gasteiger partial charge in [-0.3, -0.25) is 0 Å². The number of halogens is 3. The van der Waals surface area contributed by atoms with Crippen molar-refractivity contribution in [2.75, 3.05) is 24.2 Å². The zero-order valence-corrected chi connectivity index (χ0v) is 9.47. The normalized spacial score (nSPS) is 11.3. The summed E-state index contributed by atoms with van der Waals surface area (Å²) in [6.45, 7) is 1.35. The number of hydrogen-bond donors (Lipinski definition) is 2. The fraction of sp³-hybridized carbons (Fsp3) is 0.455. The van der Waals surface area contributed by atoms with Crippen molar-refractivity contribution in [2.45, 2.75) is 19.5 Å². The first-order valence-corrected chi connectivity index (χ1v) is 5.24. The molecule has 0 heterocycles. The molecule has 0 aliphatic heterocycles. The summed E-state index contributed by atoms with van der Waals surface area (Å²) in [5.41, 5.74) is 6.23. The van der Waals surface area contributed by atoms with E-state index in [-0.39, 0.29) is 0 Å². The van der Waals surface area contributed by atoms with Crippen LogP contribution in [-0.2, 0) is 0 Å². The SMILES string of the molecule is CCCOc1cc(N)cc(NCC(F)(F)F)c1. The monoisotopic (exact) mass is 248 g/mol. The average Bonchev–Trinajstić information content (AvgIpc) is 2.22. The summed E-state index contributed by atoms with van der Waals surface area (Å²) in [6, 6.07) is 4.51. The predicted molar refractivity (Wildman–Crippen MR) is 61.2 cm³/mol. The number of nitrogen functional groups attached to an aromatic ring is 1. The summed E-state index contributed by atoms with van der Waals surface area (Å²) in [7, 11) is 0. The van der Waals surface area contributed by atoms with Crippen LogP contribution in [0.15, 0.2) is 18.2 Å². The van der Waals surface area contributed by atoms with Crippen molar-refractivity contribution in [2.24, 2.45) is 0 Å². The van der Waals surface area contributed by atoms with Crippen LogP contribution in [0.3, 0.4) is 0 Å². The lowest BCUT2D eigenvalue weighted by Crippen LogP contribution is -2.21. The molecule has 1 aromatic rings. The molecule has 6 heteroatoms. The molecular formula is C11H15F3N2O. The second-order valence-electron chi connectivity index (χ2n) is 3.61. The van der Waals surface area contributed by atoms with Crippen molar-refractivity contribution >= 4 is 11.4 Å². The maximum absolute atomic E-state index is 12.0. The number of alkyl halides is 3. The maximum Gasteiger partial charge on any atom is 0.405 e. The Morgan fingerprint density at radius 3 is 2.59 bits per heavy atom. The molecule has 0 aliphatic rings. The number of benzene rings is 1. The van der Waals surface area contributed by atoms with Gasteiger partial charge < -0.3 is 15.8 Å². The minimum atomic E-state index is -4.25. The van der Waals surface area contributed by atoms with Crippen molar-refractivity contribution in [3.8, 4) is 5.75 Å². The van der Waals surface area contributed by atoms with E-state index in [9.17, 15) is 13.2 Å². The van der Waals surface area contributed by atoms with Crippen molar-refractivity contribution in [3.63, 3.8) is 0 Å². The lowest BCUT2D eigenvalue weighted by Gasteiger charge is -2.12. The predicted octanol–water partition coefficient (Wildman–Crippen LogP) is 3.03. The standard InChI is InChI=1S/C11H15F3N2O/c1-2-3-17-10-5-8(15)4-9(6-10)16-7-11(12,13)14/h4-6,16H,2-3,7,15H2,1H3. The summed E-state index contributed by atoms with van der Waals surface area (Å²) in [6.07, 6.45) is -3.44. The molecule has 0 saturated heterocycles. The van der Waals surface area contributed by atoms with E-state index in [0.717, 1.165) is 6.42 Å². The van der Waals surface area contributed by atoms with E-state index < -0.39 is 12.7 Å². The summed E-state index contributed by atoms with van der Waals surface area (Å²) >= 11 is 0. The molecule has 0 radical (unpaired) electrons. The van der Waals surface area contributed by atoms with Gasteiger partial charge in [-0.05, 0) is 12.5 Å². The number of nitrogens with two attached hydrogens (primary N) is 1. The molecule has 3 N–H and O–H groups in total. The average molecular weight is 248 g/mol. The lowest BCUT2D eigenvalue weighted by molar-refractivity contribution is -0.115. The highest BCUT2D eigenvalue weighted by molar-refractivity contribution is 5.59. The Kier molecular flexibility index (Phi) is 4.48. The van der Waals surface area contributed by atoms with Crippen LogP contribution in [0.1, 0.15) is 13.3 Å². The van der Waals surface area contributed by atoms with Crippen molar-refractivity contribution in [1.82, 2.24) is 0 Å². The van der Waals surface area contributed by atoms with Crippen LogP contribution < -0.4 is 15.8 Å². The highest BCUT2D eigenvalue weighted by Gasteiger charge is 2.26. The fourth-order valence-electron chi connectivity index (χ4n) is 1.23. The Morgan fingerprint density at radius 1 is 1.29 bits per heavy atom. The van der Waals surface area contributed by atoms with Gasteiger partial charge in [-0.25, -0.2) is 0 Å². The van der Waals surface area contributed by atoms with E-state index >= 15 is 0 Å². The molecule has 0 saturated carbocycles. The first-order chi connectivity index (χ1) is 7.90. The smallest absolute Gasteiger partial charge is 0.405 e. The summed E-state index contributed by atoms with van der Waals surface area (Å²) < 4.78 is 41.4. The summed E-state index contributed by atoms with van der Waals surface area (Å²) in [5, 5.41) is 2.26. The number of anilines is 2. The molecule has 1 rings (SSSR count). The van der Waals surface area contributed by atoms with Crippen LogP contribution in [-0.4, -0.2) is 19.3 Å². The van der Waals surface area contributed by atoms with Crippen LogP contribution in [0, 0.1) is 0 Å². The summed E-state index contributed by atoms with van der Waals surface area (Å²) in [4.78, 5) is 0. The molecule has 0 spiro atoms. The molecule has 3 nitrogen and oxygen atoms in total. The van der Waals surface area contributed by atoms with Crippen LogP contribution in [0.25, 0.3) is 0 Å². The third kappa shape index (κ3) is 5.33. The van der Waals surface area contributed by atoms with E-state index in [4.69, 9.17) is 10.5 Å². The second kappa shape index (κ2) is 5.65. The van der Waals surface area contributed by atoms with E-state index in [0.29, 0.717) is 23.7 Å². The van der Waals surface area contributed by atoms with Gasteiger partial charge in [-0.15, -0.1) is 0 Å². The van der Waals surface area contributed by atoms with Crippen molar-refractivity contribution < 1.29 is 17.9 Å². The van der Waals surface area contributed by atoms with Crippen LogP contribution in [0.2, 0.25) is 0 Å². The second-order valence-corrected chi connectivity index (χ2v) is 3.61. The zero-order chi connectivity index (χ0) is 12.9. The van der Waals surface area contributed by atoms with Crippen LogP contribution in [0.4, 0.5) is 24.5 Å². The van der Waals surface area contributed by atoms with E-state index in [2.05, 4.69) is 5.32 Å². The Labute approximate surface area is 97.8 Å². The molecule has 0 bridgehead atoms. The Bertz CT molecular complexity index is 366. The summed E-state index contributed by atoms with van der Waals surface area (Å²) in [5.74, 6) is 0.469. The first kappa shape index (κ1) is 13.5. The van der Waals surface area contributed by atoms with Gasteiger partial charge >= 0.3 is 6.18 Å². The third-order valence-corrected chi connectivity index (χ3v) is 1.89. The molecule has 96 valence electrons. The zero-order valence-electron chi connectivity index (χ0n) is 9.47. The molecule has 1 aromatic carbocycles. The van der Waals surface area contributed by atoms with Gasteiger partial charge in [0.25, 0.3) is 0 Å². The van der Waals surface area contributed by atoms with Crippen molar-refractivity contribution in [1.29, 1.82) is 0 Å². The Hall–Kier alpha value is -1.59. The molecule has 0 fully saturated rings. The molecule has 0 amide bonds. The van der Waals surface area contributed by atoms with E-state index in [1.54, 1.807) is 6.07 Å². The maximum atomic E-state index is 12.0. The molecule has 0 unspecified atom stereocenters. The highest BCUT2D eigenvalue weighted by atomic mass is 19.4. The Balaban J connectivity index is 2.68. The minimum absolute atomic E-state index is 0.299. The van der Waals surface area contributed by atoms with Gasteiger partial charge in [0.05, 0.1) is 6.61 Å². The highest BCUT2D eigenvalue weighted by Crippen LogP contribution is 2.24. The number of hydrogen-bond acceptors (Lipinski definition) is 3. The topological polar surface area (TPSA) is 47.3 Å². The van der Waals surface area contributed by atoms with E-state index in [1.165, 1.54) is 12.1 Å². The van der Waals surface area contributed by atoms with Gasteiger partial charge in [0.1, 0.15) is 12.3 Å². The van der Waals surface area contributed by atoms with Gasteiger partial charge in [-0.1, -0.05) is 6.92 Å². The van der Waals surface area contributed by atoms with Crippen LogP contribution >= 0.6 is 0 Å². The molecule has 0 aliphatic carbocycles. The minimum Gasteiger partial charge on any atom is -0.493 e. The Morgan fingerprint density at radius 2 is 2.00 bits per heavy atom. The van der Waals surface area contributed by atoms with Gasteiger partial charge in [0.2, 0.25) is 0 Å². The molecule has 17 heavy (non-hydrogen) atoms. The number of rotatable bonds is 5. The van der Waals surface area contributed by atoms with Gasteiger partial charge in [0, 0.05) is 23.5 Å². The van der Waals surface area contributed by atoms with E-state index in [1.807, 2.05) is 6.92 Å². The molecular weight excluding hydrogens is 233 g/mol. The largest absolute Gasteiger partial charge is 0.493 e. The number of ether oxygens (including phenoxy) is 1. The first-order valence-electron chi connectivity index (χ1n) is 5.24. The van der Waals surface area contributed by atoms with Gasteiger partial charge in [-0.2, -0.15) is 13.2 Å². The third-order valence-electron chi connectivity index (χ3n) is 1.89. The van der Waals surface area contributed by atoms with Crippen LogP contribution in [0.5, 0.6) is 5.75 Å². The number of nitrogens with one attached hydrogen (secondary N) is 1. The quantitative estimate of drug-likeness (QED) is 0.787. The van der Waals surface area contributed by atoms with Crippen molar-refractivity contribution in [3.05, 3.63) is 18.2 Å². The molecule has 0 atom stereocenters. The molecule has 0 aromatic heterocycles. The fourth-order valence-corrected chi connectivity index (χ4v) is 1.23. The van der Waals surface area contributed by atoms with Gasteiger partial charge in [0.15, 0.2) is 0 Å². The lowest BCUT2D eigenvalue weighted by atomic mass is 10.2.